The van der Waals surface area contributed by atoms with Crippen molar-refractivity contribution < 1.29 is 14.7 Å². The minimum Gasteiger partial charge on any atom is -0.480 e. The molecular weight excluding hydrogens is 208 g/mol. The molecule has 0 aliphatic heterocycles. The SMILES string of the molecule is NCC(=O)NC(Cc1[c]cccc1)C(=O)O. The molecule has 16 heavy (non-hydrogen) atoms. The average molecular weight is 221 g/mol. The van der Waals surface area contributed by atoms with Gasteiger partial charge in [-0.3, -0.25) is 4.79 Å². The minimum atomic E-state index is -1.08. The maximum absolute atomic E-state index is 11.0. The Bertz CT molecular complexity index is 365. The van der Waals surface area contributed by atoms with Crippen LogP contribution >= 0.6 is 0 Å². The zero-order chi connectivity index (χ0) is 12.0. The molecule has 1 radical (unpaired) electrons. The lowest BCUT2D eigenvalue weighted by molar-refractivity contribution is -0.141. The molecular formula is C11H13N2O3. The van der Waals surface area contributed by atoms with Crippen molar-refractivity contribution in [1.82, 2.24) is 5.32 Å². The fourth-order valence-corrected chi connectivity index (χ4v) is 1.23. The van der Waals surface area contributed by atoms with Crippen molar-refractivity contribution in [2.24, 2.45) is 5.73 Å². The summed E-state index contributed by atoms with van der Waals surface area (Å²) in [4.78, 5) is 21.9. The van der Waals surface area contributed by atoms with Gasteiger partial charge < -0.3 is 16.2 Å². The number of nitrogens with two attached hydrogens (primary N) is 1. The Balaban J connectivity index is 2.65. The van der Waals surface area contributed by atoms with E-state index in [0.717, 1.165) is 5.56 Å². The minimum absolute atomic E-state index is 0.196. The molecule has 0 aliphatic rings. The van der Waals surface area contributed by atoms with Gasteiger partial charge in [-0.2, -0.15) is 0 Å². The number of rotatable bonds is 5. The molecule has 1 rings (SSSR count). The summed E-state index contributed by atoms with van der Waals surface area (Å²) >= 11 is 0. The smallest absolute Gasteiger partial charge is 0.326 e. The lowest BCUT2D eigenvalue weighted by Crippen LogP contribution is -2.44. The van der Waals surface area contributed by atoms with E-state index in [-0.39, 0.29) is 13.0 Å². The Morgan fingerprint density at radius 3 is 2.75 bits per heavy atom. The normalized spacial score (nSPS) is 11.8. The van der Waals surface area contributed by atoms with Gasteiger partial charge in [0.15, 0.2) is 0 Å². The molecule has 0 aliphatic carbocycles. The van der Waals surface area contributed by atoms with Crippen LogP contribution in [0.4, 0.5) is 0 Å². The molecule has 5 heteroatoms. The van der Waals surface area contributed by atoms with Gasteiger partial charge in [-0.05, 0) is 11.6 Å². The van der Waals surface area contributed by atoms with Crippen LogP contribution in [-0.2, 0) is 16.0 Å². The molecule has 1 amide bonds. The van der Waals surface area contributed by atoms with E-state index in [4.69, 9.17) is 10.8 Å². The van der Waals surface area contributed by atoms with Crippen molar-refractivity contribution in [2.45, 2.75) is 12.5 Å². The van der Waals surface area contributed by atoms with Gasteiger partial charge in [0.1, 0.15) is 6.04 Å². The second-order valence-corrected chi connectivity index (χ2v) is 3.25. The second kappa shape index (κ2) is 5.87. The third kappa shape index (κ3) is 3.70. The molecule has 0 heterocycles. The first-order valence-electron chi connectivity index (χ1n) is 4.81. The van der Waals surface area contributed by atoms with Crippen molar-refractivity contribution in [2.75, 3.05) is 6.54 Å². The van der Waals surface area contributed by atoms with Gasteiger partial charge in [0.25, 0.3) is 0 Å². The highest BCUT2D eigenvalue weighted by Crippen LogP contribution is 2.02. The van der Waals surface area contributed by atoms with Crippen molar-refractivity contribution >= 4 is 11.9 Å². The lowest BCUT2D eigenvalue weighted by Gasteiger charge is -2.13. The number of carboxylic acid groups (broad SMARTS) is 1. The summed E-state index contributed by atoms with van der Waals surface area (Å²) in [5.74, 6) is -1.57. The summed E-state index contributed by atoms with van der Waals surface area (Å²) in [6.45, 7) is -0.220. The van der Waals surface area contributed by atoms with Crippen molar-refractivity contribution in [1.29, 1.82) is 0 Å². The van der Waals surface area contributed by atoms with E-state index >= 15 is 0 Å². The number of carbonyl (C=O) groups is 2. The fourth-order valence-electron chi connectivity index (χ4n) is 1.23. The van der Waals surface area contributed by atoms with Gasteiger partial charge in [0, 0.05) is 6.42 Å². The van der Waals surface area contributed by atoms with Crippen LogP contribution in [0.3, 0.4) is 0 Å². The highest BCUT2D eigenvalue weighted by molar-refractivity contribution is 5.84. The molecule has 1 unspecified atom stereocenters. The highest BCUT2D eigenvalue weighted by Gasteiger charge is 2.19. The zero-order valence-corrected chi connectivity index (χ0v) is 8.64. The summed E-state index contributed by atoms with van der Waals surface area (Å²) < 4.78 is 0. The maximum atomic E-state index is 11.0. The second-order valence-electron chi connectivity index (χ2n) is 3.25. The van der Waals surface area contributed by atoms with Crippen LogP contribution in [0.25, 0.3) is 0 Å². The van der Waals surface area contributed by atoms with E-state index in [1.807, 2.05) is 0 Å². The van der Waals surface area contributed by atoms with Gasteiger partial charge >= 0.3 is 5.97 Å². The molecule has 0 spiro atoms. The molecule has 0 saturated heterocycles. The van der Waals surface area contributed by atoms with Crippen molar-refractivity contribution in [3.8, 4) is 0 Å². The van der Waals surface area contributed by atoms with Crippen LogP contribution in [0.15, 0.2) is 24.3 Å². The summed E-state index contributed by atoms with van der Waals surface area (Å²) in [5.41, 5.74) is 5.83. The van der Waals surface area contributed by atoms with Gasteiger partial charge in [-0.25, -0.2) is 4.79 Å². The van der Waals surface area contributed by atoms with Crippen molar-refractivity contribution in [3.05, 3.63) is 35.9 Å². The first kappa shape index (κ1) is 12.2. The van der Waals surface area contributed by atoms with E-state index in [1.165, 1.54) is 0 Å². The monoisotopic (exact) mass is 221 g/mol. The summed E-state index contributed by atoms with van der Waals surface area (Å²) in [6.07, 6.45) is 0.196. The number of hydrogen-bond donors (Lipinski definition) is 3. The lowest BCUT2D eigenvalue weighted by atomic mass is 10.1. The molecule has 0 fully saturated rings. The van der Waals surface area contributed by atoms with Crippen LogP contribution < -0.4 is 11.1 Å². The van der Waals surface area contributed by atoms with Crippen molar-refractivity contribution in [3.63, 3.8) is 0 Å². The standard InChI is InChI=1S/C11H13N2O3/c12-7-10(14)13-9(11(15)16)6-8-4-2-1-3-5-8/h1-4,9H,6-7,12H2,(H,13,14)(H,15,16). The predicted molar refractivity (Wildman–Crippen MR) is 57.6 cm³/mol. The third-order valence-corrected chi connectivity index (χ3v) is 2.02. The number of hydrogen-bond acceptors (Lipinski definition) is 3. The first-order valence-corrected chi connectivity index (χ1v) is 4.81. The quantitative estimate of drug-likeness (QED) is 0.628. The number of carboxylic acids is 1. The molecule has 1 atom stereocenters. The van der Waals surface area contributed by atoms with E-state index in [9.17, 15) is 9.59 Å². The van der Waals surface area contributed by atoms with Crippen LogP contribution in [0, 0.1) is 6.07 Å². The molecule has 1 aromatic rings. The molecule has 4 N–H and O–H groups in total. The molecule has 85 valence electrons. The number of amides is 1. The number of benzene rings is 1. The number of nitrogens with one attached hydrogen (secondary N) is 1. The zero-order valence-electron chi connectivity index (χ0n) is 8.64. The Morgan fingerprint density at radius 1 is 1.50 bits per heavy atom. The van der Waals surface area contributed by atoms with Crippen LogP contribution in [-0.4, -0.2) is 29.6 Å². The van der Waals surface area contributed by atoms with E-state index < -0.39 is 17.9 Å². The molecule has 5 nitrogen and oxygen atoms in total. The first-order chi connectivity index (χ1) is 7.63. The summed E-state index contributed by atoms with van der Waals surface area (Å²) in [6, 6.07) is 8.96. The average Bonchev–Trinajstić information content (AvgIpc) is 2.29. The topological polar surface area (TPSA) is 92.4 Å². The van der Waals surface area contributed by atoms with Crippen LogP contribution in [0.1, 0.15) is 5.56 Å². The Labute approximate surface area is 93.3 Å². The molecule has 0 bridgehead atoms. The molecule has 0 aromatic heterocycles. The third-order valence-electron chi connectivity index (χ3n) is 2.02. The summed E-state index contributed by atoms with van der Waals surface area (Å²) in [5, 5.41) is 11.2. The van der Waals surface area contributed by atoms with E-state index in [2.05, 4.69) is 11.4 Å². The Hall–Kier alpha value is -1.88. The maximum Gasteiger partial charge on any atom is 0.326 e. The Kier molecular flexibility index (Phi) is 4.47. The van der Waals surface area contributed by atoms with Gasteiger partial charge in [0.2, 0.25) is 5.91 Å². The van der Waals surface area contributed by atoms with E-state index in [1.54, 1.807) is 24.3 Å². The number of carbonyl (C=O) groups excluding carboxylic acids is 1. The molecule has 0 saturated carbocycles. The summed E-state index contributed by atoms with van der Waals surface area (Å²) in [7, 11) is 0. The van der Waals surface area contributed by atoms with Gasteiger partial charge in [0.05, 0.1) is 6.54 Å². The largest absolute Gasteiger partial charge is 0.480 e. The van der Waals surface area contributed by atoms with Gasteiger partial charge in [-0.1, -0.05) is 24.3 Å². The van der Waals surface area contributed by atoms with Crippen LogP contribution in [0.5, 0.6) is 0 Å². The highest BCUT2D eigenvalue weighted by atomic mass is 16.4. The van der Waals surface area contributed by atoms with Gasteiger partial charge in [-0.15, -0.1) is 0 Å². The number of aliphatic carboxylic acids is 1. The fraction of sp³-hybridized carbons (Fsp3) is 0.273. The molecule has 1 aromatic carbocycles. The van der Waals surface area contributed by atoms with Crippen LogP contribution in [0.2, 0.25) is 0 Å². The van der Waals surface area contributed by atoms with E-state index in [0.29, 0.717) is 0 Å². The predicted octanol–water partition coefficient (Wildman–Crippen LogP) is -0.443. The Morgan fingerprint density at radius 2 is 2.25 bits per heavy atom.